The number of amides is 1. The van der Waals surface area contributed by atoms with Crippen molar-refractivity contribution in [1.29, 1.82) is 0 Å². The minimum Gasteiger partial charge on any atom is -0.497 e. The number of ether oxygens (including phenoxy) is 1. The number of hydrogen-bond donors (Lipinski definition) is 1. The Labute approximate surface area is 175 Å². The Morgan fingerprint density at radius 1 is 1.10 bits per heavy atom. The van der Waals surface area contributed by atoms with Crippen LogP contribution in [0.15, 0.2) is 53.7 Å². The molecule has 0 spiro atoms. The van der Waals surface area contributed by atoms with Crippen molar-refractivity contribution in [2.24, 2.45) is 0 Å². The van der Waals surface area contributed by atoms with E-state index in [0.29, 0.717) is 12.3 Å². The van der Waals surface area contributed by atoms with Crippen LogP contribution in [0.2, 0.25) is 0 Å². The van der Waals surface area contributed by atoms with Crippen LogP contribution in [0.1, 0.15) is 31.0 Å². The summed E-state index contributed by atoms with van der Waals surface area (Å²) >= 11 is 1.40. The quantitative estimate of drug-likeness (QED) is 0.562. The van der Waals surface area contributed by atoms with E-state index in [1.165, 1.54) is 17.3 Å². The van der Waals surface area contributed by atoms with E-state index in [1.807, 2.05) is 55.5 Å². The first-order chi connectivity index (χ1) is 14.0. The molecule has 7 heteroatoms. The molecule has 0 radical (unpaired) electrons. The van der Waals surface area contributed by atoms with Crippen molar-refractivity contribution < 1.29 is 9.53 Å². The summed E-state index contributed by atoms with van der Waals surface area (Å²) in [6, 6.07) is 16.0. The van der Waals surface area contributed by atoms with Gasteiger partial charge in [0.25, 0.3) is 0 Å². The van der Waals surface area contributed by atoms with E-state index in [9.17, 15) is 4.79 Å². The SMILES string of the molecule is COc1ccc(-c2nnc(SCC(=O)NCc3ccc(C)cc3)n2C(C)C)cc1. The molecule has 1 N–H and O–H groups in total. The molecule has 1 heterocycles. The number of carbonyl (C=O) groups excluding carboxylic acids is 1. The maximum absolute atomic E-state index is 12.3. The van der Waals surface area contributed by atoms with Crippen LogP contribution in [0.3, 0.4) is 0 Å². The molecule has 0 aliphatic rings. The fourth-order valence-electron chi connectivity index (χ4n) is 2.87. The summed E-state index contributed by atoms with van der Waals surface area (Å²) in [7, 11) is 1.64. The minimum atomic E-state index is -0.0279. The molecule has 0 unspecified atom stereocenters. The zero-order chi connectivity index (χ0) is 20.8. The number of aryl methyl sites for hydroxylation is 1. The van der Waals surface area contributed by atoms with Crippen LogP contribution in [0, 0.1) is 6.92 Å². The summed E-state index contributed by atoms with van der Waals surface area (Å²) in [6.45, 7) is 6.73. The summed E-state index contributed by atoms with van der Waals surface area (Å²) in [4.78, 5) is 12.3. The second kappa shape index (κ2) is 9.60. The molecule has 0 atom stereocenters. The van der Waals surface area contributed by atoms with Crippen molar-refractivity contribution in [2.45, 2.75) is 38.5 Å². The number of aromatic nitrogens is 3. The lowest BCUT2D eigenvalue weighted by atomic mass is 10.1. The maximum Gasteiger partial charge on any atom is 0.230 e. The molecule has 0 fully saturated rings. The normalized spacial score (nSPS) is 10.9. The second-order valence-corrected chi connectivity index (χ2v) is 7.99. The van der Waals surface area contributed by atoms with Gasteiger partial charge < -0.3 is 10.1 Å². The van der Waals surface area contributed by atoms with Crippen LogP contribution in [0.4, 0.5) is 0 Å². The number of methoxy groups -OCH3 is 1. The molecule has 1 aromatic heterocycles. The number of carbonyl (C=O) groups is 1. The molecule has 0 aliphatic carbocycles. The highest BCUT2D eigenvalue weighted by Gasteiger charge is 2.18. The number of nitrogens with one attached hydrogen (secondary N) is 1. The van der Waals surface area contributed by atoms with Crippen molar-refractivity contribution in [3.8, 4) is 17.1 Å². The van der Waals surface area contributed by atoms with E-state index in [-0.39, 0.29) is 11.9 Å². The zero-order valence-electron chi connectivity index (χ0n) is 17.2. The van der Waals surface area contributed by atoms with Gasteiger partial charge in [0.05, 0.1) is 12.9 Å². The summed E-state index contributed by atoms with van der Waals surface area (Å²) in [5.41, 5.74) is 3.25. The zero-order valence-corrected chi connectivity index (χ0v) is 18.0. The number of hydrogen-bond acceptors (Lipinski definition) is 5. The van der Waals surface area contributed by atoms with Gasteiger partial charge in [-0.25, -0.2) is 0 Å². The summed E-state index contributed by atoms with van der Waals surface area (Å²) in [6.07, 6.45) is 0. The van der Waals surface area contributed by atoms with Crippen LogP contribution in [0.25, 0.3) is 11.4 Å². The van der Waals surface area contributed by atoms with Gasteiger partial charge in [-0.1, -0.05) is 41.6 Å². The van der Waals surface area contributed by atoms with Crippen molar-refractivity contribution in [3.05, 3.63) is 59.7 Å². The summed E-state index contributed by atoms with van der Waals surface area (Å²) in [5, 5.41) is 12.4. The monoisotopic (exact) mass is 410 g/mol. The van der Waals surface area contributed by atoms with Crippen molar-refractivity contribution >= 4 is 17.7 Å². The maximum atomic E-state index is 12.3. The van der Waals surface area contributed by atoms with Crippen LogP contribution in [-0.4, -0.2) is 33.5 Å². The largest absolute Gasteiger partial charge is 0.497 e. The van der Waals surface area contributed by atoms with Gasteiger partial charge in [0.2, 0.25) is 5.91 Å². The second-order valence-electron chi connectivity index (χ2n) is 7.05. The van der Waals surface area contributed by atoms with Crippen molar-refractivity contribution in [2.75, 3.05) is 12.9 Å². The number of nitrogens with zero attached hydrogens (tertiary/aromatic N) is 3. The Bertz CT molecular complexity index is 950. The van der Waals surface area contributed by atoms with Crippen LogP contribution in [-0.2, 0) is 11.3 Å². The average molecular weight is 411 g/mol. The van der Waals surface area contributed by atoms with Gasteiger partial charge in [-0.15, -0.1) is 10.2 Å². The fraction of sp³-hybridized carbons (Fsp3) is 0.318. The van der Waals surface area contributed by atoms with Gasteiger partial charge >= 0.3 is 0 Å². The third-order valence-corrected chi connectivity index (χ3v) is 5.41. The molecule has 3 rings (SSSR count). The molecular weight excluding hydrogens is 384 g/mol. The molecule has 3 aromatic rings. The van der Waals surface area contributed by atoms with Gasteiger partial charge in [0.1, 0.15) is 5.75 Å². The molecule has 152 valence electrons. The third kappa shape index (κ3) is 5.38. The van der Waals surface area contributed by atoms with Crippen molar-refractivity contribution in [3.63, 3.8) is 0 Å². The highest BCUT2D eigenvalue weighted by Crippen LogP contribution is 2.28. The lowest BCUT2D eigenvalue weighted by Crippen LogP contribution is -2.24. The van der Waals surface area contributed by atoms with Crippen LogP contribution in [0.5, 0.6) is 5.75 Å². The lowest BCUT2D eigenvalue weighted by molar-refractivity contribution is -0.118. The molecular formula is C22H26N4O2S. The molecule has 0 saturated carbocycles. The standard InChI is InChI=1S/C22H26N4O2S/c1-15(2)26-21(18-9-11-19(28-4)12-10-18)24-25-22(26)29-14-20(27)23-13-17-7-5-16(3)6-8-17/h5-12,15H,13-14H2,1-4H3,(H,23,27). The van der Waals surface area contributed by atoms with Gasteiger partial charge in [0.15, 0.2) is 11.0 Å². The minimum absolute atomic E-state index is 0.0279. The van der Waals surface area contributed by atoms with E-state index in [4.69, 9.17) is 4.74 Å². The van der Waals surface area contributed by atoms with Gasteiger partial charge in [-0.2, -0.15) is 0 Å². The highest BCUT2D eigenvalue weighted by atomic mass is 32.2. The van der Waals surface area contributed by atoms with E-state index in [0.717, 1.165) is 27.9 Å². The van der Waals surface area contributed by atoms with Gasteiger partial charge in [-0.05, 0) is 50.6 Å². The Balaban J connectivity index is 1.65. The van der Waals surface area contributed by atoms with Crippen LogP contribution < -0.4 is 10.1 Å². The van der Waals surface area contributed by atoms with E-state index in [1.54, 1.807) is 7.11 Å². The smallest absolute Gasteiger partial charge is 0.230 e. The number of thioether (sulfide) groups is 1. The molecule has 0 aliphatic heterocycles. The van der Waals surface area contributed by atoms with Gasteiger partial charge in [0, 0.05) is 18.2 Å². The third-order valence-electron chi connectivity index (χ3n) is 4.47. The van der Waals surface area contributed by atoms with Crippen molar-refractivity contribution in [1.82, 2.24) is 20.1 Å². The first kappa shape index (κ1) is 20.9. The lowest BCUT2D eigenvalue weighted by Gasteiger charge is -2.14. The van der Waals surface area contributed by atoms with E-state index >= 15 is 0 Å². The molecule has 1 amide bonds. The predicted molar refractivity (Wildman–Crippen MR) is 116 cm³/mol. The van der Waals surface area contributed by atoms with E-state index in [2.05, 4.69) is 33.9 Å². The Hall–Kier alpha value is -2.80. The first-order valence-electron chi connectivity index (χ1n) is 9.52. The Morgan fingerprint density at radius 3 is 2.41 bits per heavy atom. The Morgan fingerprint density at radius 2 is 1.79 bits per heavy atom. The average Bonchev–Trinajstić information content (AvgIpc) is 3.16. The molecule has 6 nitrogen and oxygen atoms in total. The molecule has 0 saturated heterocycles. The van der Waals surface area contributed by atoms with Gasteiger partial charge in [-0.3, -0.25) is 9.36 Å². The molecule has 29 heavy (non-hydrogen) atoms. The highest BCUT2D eigenvalue weighted by molar-refractivity contribution is 7.99. The number of benzene rings is 2. The van der Waals surface area contributed by atoms with Crippen LogP contribution >= 0.6 is 11.8 Å². The predicted octanol–water partition coefficient (Wildman–Crippen LogP) is 4.25. The Kier molecular flexibility index (Phi) is 6.93. The number of rotatable bonds is 8. The summed E-state index contributed by atoms with van der Waals surface area (Å²) < 4.78 is 7.28. The first-order valence-corrected chi connectivity index (χ1v) is 10.5. The summed E-state index contributed by atoms with van der Waals surface area (Å²) in [5.74, 6) is 1.84. The fourth-order valence-corrected chi connectivity index (χ4v) is 3.76. The molecule has 2 aromatic carbocycles. The molecule has 0 bridgehead atoms. The van der Waals surface area contributed by atoms with E-state index < -0.39 is 0 Å². The topological polar surface area (TPSA) is 69.0 Å².